The van der Waals surface area contributed by atoms with Crippen LogP contribution in [0, 0.1) is 0 Å². The Kier molecular flexibility index (Phi) is 4.61. The van der Waals surface area contributed by atoms with Gasteiger partial charge < -0.3 is 15.4 Å². The van der Waals surface area contributed by atoms with Crippen molar-refractivity contribution >= 4 is 23.2 Å². The molecule has 0 aliphatic carbocycles. The van der Waals surface area contributed by atoms with Crippen LogP contribution in [0.2, 0.25) is 5.15 Å². The number of hydrogen-bond acceptors (Lipinski definition) is 4. The summed E-state index contributed by atoms with van der Waals surface area (Å²) >= 11 is 5.93. The molecular weight excluding hydrogens is 266 g/mol. The third-order valence-electron chi connectivity index (χ3n) is 3.19. The van der Waals surface area contributed by atoms with Gasteiger partial charge in [0.2, 0.25) is 0 Å². The maximum atomic E-state index is 12.3. The van der Waals surface area contributed by atoms with Gasteiger partial charge in [0.1, 0.15) is 5.15 Å². The van der Waals surface area contributed by atoms with Gasteiger partial charge in [-0.25, -0.2) is 4.98 Å². The fraction of sp³-hybridized carbons (Fsp3) is 0.538. The lowest BCUT2D eigenvalue weighted by molar-refractivity contribution is -0.000191. The molecule has 1 atom stereocenters. The van der Waals surface area contributed by atoms with Gasteiger partial charge in [0.15, 0.2) is 0 Å². The second-order valence-corrected chi connectivity index (χ2v) is 5.14. The van der Waals surface area contributed by atoms with Crippen LogP contribution in [0.1, 0.15) is 29.6 Å². The quantitative estimate of drug-likeness (QED) is 0.861. The summed E-state index contributed by atoms with van der Waals surface area (Å²) in [6.45, 7) is 1.33. The van der Waals surface area contributed by atoms with Gasteiger partial charge in [-0.05, 0) is 25.3 Å². The predicted molar refractivity (Wildman–Crippen MR) is 74.2 cm³/mol. The minimum absolute atomic E-state index is 0.107. The monoisotopic (exact) mass is 283 g/mol. The normalized spacial score (nSPS) is 19.2. The third kappa shape index (κ3) is 3.58. The van der Waals surface area contributed by atoms with E-state index in [2.05, 4.69) is 4.98 Å². The number of anilines is 1. The van der Waals surface area contributed by atoms with E-state index in [1.54, 1.807) is 18.0 Å². The van der Waals surface area contributed by atoms with Crippen molar-refractivity contribution in [2.45, 2.75) is 25.4 Å². The zero-order valence-electron chi connectivity index (χ0n) is 10.9. The second-order valence-electron chi connectivity index (χ2n) is 4.78. The number of amides is 1. The molecule has 1 aliphatic heterocycles. The summed E-state index contributed by atoms with van der Waals surface area (Å²) in [5, 5.41) is 0.176. The van der Waals surface area contributed by atoms with Gasteiger partial charge in [-0.1, -0.05) is 11.6 Å². The highest BCUT2D eigenvalue weighted by Crippen LogP contribution is 2.19. The zero-order chi connectivity index (χ0) is 13.8. The molecule has 5 nitrogen and oxygen atoms in total. The van der Waals surface area contributed by atoms with E-state index in [4.69, 9.17) is 22.1 Å². The lowest BCUT2D eigenvalue weighted by Gasteiger charge is -2.27. The first kappa shape index (κ1) is 14.1. The van der Waals surface area contributed by atoms with E-state index in [0.29, 0.717) is 17.8 Å². The highest BCUT2D eigenvalue weighted by Gasteiger charge is 2.21. The molecule has 19 heavy (non-hydrogen) atoms. The molecule has 1 fully saturated rings. The van der Waals surface area contributed by atoms with Crippen molar-refractivity contribution in [1.82, 2.24) is 9.88 Å². The molecule has 0 bridgehead atoms. The zero-order valence-corrected chi connectivity index (χ0v) is 11.7. The van der Waals surface area contributed by atoms with E-state index in [1.165, 1.54) is 6.20 Å². The van der Waals surface area contributed by atoms with E-state index >= 15 is 0 Å². The summed E-state index contributed by atoms with van der Waals surface area (Å²) < 4.78 is 5.62. The summed E-state index contributed by atoms with van der Waals surface area (Å²) in [6.07, 6.45) is 4.77. The average molecular weight is 284 g/mol. The van der Waals surface area contributed by atoms with Crippen molar-refractivity contribution in [2.24, 2.45) is 0 Å². The fourth-order valence-electron chi connectivity index (χ4n) is 2.16. The van der Waals surface area contributed by atoms with Crippen LogP contribution >= 0.6 is 11.6 Å². The summed E-state index contributed by atoms with van der Waals surface area (Å²) in [4.78, 5) is 17.8. The van der Waals surface area contributed by atoms with Crippen molar-refractivity contribution in [3.05, 3.63) is 23.0 Å². The number of halogens is 1. The molecule has 0 radical (unpaired) electrons. The van der Waals surface area contributed by atoms with E-state index in [1.807, 2.05) is 0 Å². The van der Waals surface area contributed by atoms with E-state index in [9.17, 15) is 4.79 Å². The summed E-state index contributed by atoms with van der Waals surface area (Å²) in [6, 6.07) is 1.55. The predicted octanol–water partition coefficient (Wildman–Crippen LogP) is 1.96. The van der Waals surface area contributed by atoms with Gasteiger partial charge in [-0.2, -0.15) is 0 Å². The molecule has 2 heterocycles. The molecule has 104 valence electrons. The number of hydrogen-bond donors (Lipinski definition) is 1. The minimum atomic E-state index is -0.182. The highest BCUT2D eigenvalue weighted by molar-refractivity contribution is 6.32. The van der Waals surface area contributed by atoms with Crippen molar-refractivity contribution in [2.75, 3.05) is 25.9 Å². The number of carbonyl (C=O) groups is 1. The molecule has 2 rings (SSSR count). The van der Waals surface area contributed by atoms with E-state index < -0.39 is 0 Å². The van der Waals surface area contributed by atoms with Gasteiger partial charge >= 0.3 is 0 Å². The summed E-state index contributed by atoms with van der Waals surface area (Å²) in [5.41, 5.74) is 6.39. The maximum absolute atomic E-state index is 12.3. The average Bonchev–Trinajstić information content (AvgIpc) is 2.42. The smallest absolute Gasteiger partial charge is 0.256 e. The number of pyridine rings is 1. The van der Waals surface area contributed by atoms with Crippen LogP contribution in [0.3, 0.4) is 0 Å². The molecule has 1 aromatic heterocycles. The number of nitrogens with two attached hydrogens (primary N) is 1. The minimum Gasteiger partial charge on any atom is -0.397 e. The third-order valence-corrected chi connectivity index (χ3v) is 3.49. The van der Waals surface area contributed by atoms with E-state index in [0.717, 1.165) is 25.9 Å². The largest absolute Gasteiger partial charge is 0.397 e. The Balaban J connectivity index is 2.03. The molecule has 2 N–H and O–H groups in total. The molecule has 1 unspecified atom stereocenters. The highest BCUT2D eigenvalue weighted by atomic mass is 35.5. The van der Waals surface area contributed by atoms with Gasteiger partial charge in [-0.3, -0.25) is 4.79 Å². The number of carbonyl (C=O) groups excluding carboxylic acids is 1. The Labute approximate surface area is 117 Å². The number of nitrogen functional groups attached to an aromatic ring is 1. The number of aromatic nitrogens is 1. The van der Waals surface area contributed by atoms with Crippen molar-refractivity contribution < 1.29 is 9.53 Å². The van der Waals surface area contributed by atoms with Gasteiger partial charge in [0.05, 0.1) is 23.6 Å². The Morgan fingerprint density at radius 2 is 2.42 bits per heavy atom. The first-order valence-electron chi connectivity index (χ1n) is 6.36. The number of rotatable bonds is 3. The van der Waals surface area contributed by atoms with Crippen molar-refractivity contribution in [3.63, 3.8) is 0 Å². The van der Waals surface area contributed by atoms with Crippen LogP contribution in [-0.2, 0) is 4.74 Å². The first-order valence-corrected chi connectivity index (χ1v) is 6.74. The van der Waals surface area contributed by atoms with Crippen molar-refractivity contribution in [1.29, 1.82) is 0 Å². The molecule has 0 aromatic carbocycles. The molecule has 1 amide bonds. The molecular formula is C13H18ClN3O2. The Morgan fingerprint density at radius 1 is 1.63 bits per heavy atom. The van der Waals surface area contributed by atoms with Crippen LogP contribution in [0.15, 0.2) is 12.3 Å². The molecule has 1 saturated heterocycles. The molecule has 6 heteroatoms. The Hall–Kier alpha value is -1.33. The van der Waals surface area contributed by atoms with Gasteiger partial charge in [0.25, 0.3) is 5.91 Å². The van der Waals surface area contributed by atoms with Gasteiger partial charge in [0, 0.05) is 20.2 Å². The first-order chi connectivity index (χ1) is 9.08. The topological polar surface area (TPSA) is 68.5 Å². The Morgan fingerprint density at radius 3 is 3.11 bits per heavy atom. The summed E-state index contributed by atoms with van der Waals surface area (Å²) in [5.74, 6) is -0.182. The molecule has 1 aromatic rings. The standard InChI is InChI=1S/C13H18ClN3O2/c1-17(8-10-4-2-3-5-19-10)13(18)11-6-9(15)7-16-12(11)14/h6-7,10H,2-5,8,15H2,1H3. The second kappa shape index (κ2) is 6.21. The van der Waals surface area contributed by atoms with E-state index in [-0.39, 0.29) is 17.2 Å². The van der Waals surface area contributed by atoms with Crippen LogP contribution in [-0.4, -0.2) is 42.1 Å². The summed E-state index contributed by atoms with van der Waals surface area (Å²) in [7, 11) is 1.74. The lowest BCUT2D eigenvalue weighted by atomic mass is 10.1. The van der Waals surface area contributed by atoms with Crippen LogP contribution in [0.4, 0.5) is 5.69 Å². The number of nitrogens with zero attached hydrogens (tertiary/aromatic N) is 2. The molecule has 0 spiro atoms. The molecule has 0 saturated carbocycles. The Bertz CT molecular complexity index is 461. The SMILES string of the molecule is CN(CC1CCCCO1)C(=O)c1cc(N)cnc1Cl. The van der Waals surface area contributed by atoms with Crippen LogP contribution in [0.25, 0.3) is 0 Å². The fourth-order valence-corrected chi connectivity index (χ4v) is 2.34. The number of likely N-dealkylation sites (N-methyl/N-ethyl adjacent to an activating group) is 1. The van der Waals surface area contributed by atoms with Crippen molar-refractivity contribution in [3.8, 4) is 0 Å². The molecule has 1 aliphatic rings. The van der Waals surface area contributed by atoms with Crippen LogP contribution < -0.4 is 5.73 Å². The van der Waals surface area contributed by atoms with Gasteiger partial charge in [-0.15, -0.1) is 0 Å². The van der Waals surface area contributed by atoms with Crippen LogP contribution in [0.5, 0.6) is 0 Å². The lowest BCUT2D eigenvalue weighted by Crippen LogP contribution is -2.37. The number of ether oxygens (including phenoxy) is 1. The maximum Gasteiger partial charge on any atom is 0.256 e.